The fourth-order valence-corrected chi connectivity index (χ4v) is 3.77. The number of rotatable bonds is 4. The predicted molar refractivity (Wildman–Crippen MR) is 88.9 cm³/mol. The van der Waals surface area contributed by atoms with Crippen LogP contribution in [0.5, 0.6) is 5.75 Å². The van der Waals surface area contributed by atoms with Crippen LogP contribution in [0.1, 0.15) is 18.0 Å². The summed E-state index contributed by atoms with van der Waals surface area (Å²) in [6.45, 7) is 4.05. The number of nitrogens with one attached hydrogen (secondary N) is 1. The maximum atomic E-state index is 11.8. The van der Waals surface area contributed by atoms with Crippen LogP contribution in [0, 0.1) is 0 Å². The fraction of sp³-hybridized carbons (Fsp3) is 0.214. The van der Waals surface area contributed by atoms with Gasteiger partial charge in [0, 0.05) is 0 Å². The van der Waals surface area contributed by atoms with Crippen LogP contribution in [0.3, 0.4) is 0 Å². The van der Waals surface area contributed by atoms with Crippen molar-refractivity contribution in [3.05, 3.63) is 45.6 Å². The Kier molecular flexibility index (Phi) is 4.30. The van der Waals surface area contributed by atoms with Crippen LogP contribution in [-0.4, -0.2) is 27.3 Å². The topological polar surface area (TPSA) is 69.0 Å². The van der Waals surface area contributed by atoms with Gasteiger partial charge in [0.1, 0.15) is 18.7 Å². The largest absolute Gasteiger partial charge is 0.487 e. The van der Waals surface area contributed by atoms with Gasteiger partial charge in [-0.2, -0.15) is 10.1 Å². The summed E-state index contributed by atoms with van der Waals surface area (Å²) in [5.41, 5.74) is 0.936. The van der Waals surface area contributed by atoms with E-state index in [9.17, 15) is 4.79 Å². The Labute approximate surface area is 143 Å². The molecule has 6 nitrogen and oxygen atoms in total. The number of anilines is 1. The van der Waals surface area contributed by atoms with Gasteiger partial charge in [0.05, 0.1) is 21.4 Å². The first-order valence-corrected chi connectivity index (χ1v) is 8.10. The summed E-state index contributed by atoms with van der Waals surface area (Å²) in [7, 11) is 0. The van der Waals surface area contributed by atoms with E-state index in [2.05, 4.69) is 53.8 Å². The molecule has 3 rings (SSSR count). The van der Waals surface area contributed by atoms with Crippen LogP contribution in [0.4, 0.5) is 5.95 Å². The smallest absolute Gasteiger partial charge is 0.229 e. The molecule has 0 spiro atoms. The van der Waals surface area contributed by atoms with Crippen molar-refractivity contribution in [2.24, 2.45) is 0 Å². The number of benzene rings is 1. The molecule has 1 aliphatic heterocycles. The normalized spacial score (nSPS) is 16.8. The molecule has 1 aromatic heterocycles. The minimum absolute atomic E-state index is 0.0790. The standard InChI is InChI=1S/C14H12Br2N4O2/c1-2-3-22-13-9(15)4-8(5-10(13)16)11-6-12(21)19-14-17-7-18-20(11)14/h2,4-5,7,11H,1,3,6H2,(H,17,18,19,21). The molecular weight excluding hydrogens is 416 g/mol. The molecule has 1 N–H and O–H groups in total. The first-order chi connectivity index (χ1) is 10.6. The summed E-state index contributed by atoms with van der Waals surface area (Å²) < 4.78 is 8.91. The number of halogens is 2. The average molecular weight is 428 g/mol. The summed E-state index contributed by atoms with van der Waals surface area (Å²) in [6.07, 6.45) is 3.42. The van der Waals surface area contributed by atoms with Crippen LogP contribution >= 0.6 is 31.9 Å². The second kappa shape index (κ2) is 6.21. The number of fused-ring (bicyclic) bond motifs is 1. The molecular formula is C14H12Br2N4O2. The molecule has 1 aromatic carbocycles. The van der Waals surface area contributed by atoms with Gasteiger partial charge in [-0.1, -0.05) is 12.7 Å². The number of hydrogen-bond acceptors (Lipinski definition) is 4. The van der Waals surface area contributed by atoms with E-state index < -0.39 is 0 Å². The van der Waals surface area contributed by atoms with Crippen molar-refractivity contribution in [2.45, 2.75) is 12.5 Å². The van der Waals surface area contributed by atoms with Crippen LogP contribution in [0.15, 0.2) is 40.1 Å². The number of carbonyl (C=O) groups is 1. The van der Waals surface area contributed by atoms with Crippen molar-refractivity contribution in [3.63, 3.8) is 0 Å². The number of nitrogens with zero attached hydrogens (tertiary/aromatic N) is 3. The molecule has 1 unspecified atom stereocenters. The zero-order valence-electron chi connectivity index (χ0n) is 11.4. The highest BCUT2D eigenvalue weighted by Gasteiger charge is 2.28. The third-order valence-corrected chi connectivity index (χ3v) is 4.43. The van der Waals surface area contributed by atoms with Gasteiger partial charge in [-0.3, -0.25) is 10.1 Å². The Morgan fingerprint density at radius 1 is 1.45 bits per heavy atom. The first kappa shape index (κ1) is 15.2. The fourth-order valence-electron chi connectivity index (χ4n) is 2.32. The van der Waals surface area contributed by atoms with E-state index in [0.717, 1.165) is 14.5 Å². The molecule has 114 valence electrons. The van der Waals surface area contributed by atoms with Gasteiger partial charge in [-0.05, 0) is 49.6 Å². The lowest BCUT2D eigenvalue weighted by Crippen LogP contribution is -2.29. The van der Waals surface area contributed by atoms with Crippen molar-refractivity contribution < 1.29 is 9.53 Å². The van der Waals surface area contributed by atoms with E-state index in [-0.39, 0.29) is 11.9 Å². The summed E-state index contributed by atoms with van der Waals surface area (Å²) in [5, 5.41) is 6.90. The van der Waals surface area contributed by atoms with E-state index in [4.69, 9.17) is 4.74 Å². The van der Waals surface area contributed by atoms with Crippen LogP contribution in [-0.2, 0) is 4.79 Å². The molecule has 2 heterocycles. The first-order valence-electron chi connectivity index (χ1n) is 6.52. The van der Waals surface area contributed by atoms with Gasteiger partial charge in [0.15, 0.2) is 0 Å². The maximum Gasteiger partial charge on any atom is 0.229 e. The van der Waals surface area contributed by atoms with E-state index in [1.165, 1.54) is 6.33 Å². The lowest BCUT2D eigenvalue weighted by atomic mass is 10.0. The molecule has 1 atom stereocenters. The number of hydrogen-bond donors (Lipinski definition) is 1. The maximum absolute atomic E-state index is 11.8. The second-order valence-electron chi connectivity index (χ2n) is 4.71. The molecule has 22 heavy (non-hydrogen) atoms. The zero-order valence-corrected chi connectivity index (χ0v) is 14.6. The molecule has 0 bridgehead atoms. The minimum atomic E-state index is -0.202. The second-order valence-corrected chi connectivity index (χ2v) is 6.42. The van der Waals surface area contributed by atoms with Crippen molar-refractivity contribution in [2.75, 3.05) is 11.9 Å². The molecule has 0 saturated heterocycles. The van der Waals surface area contributed by atoms with Gasteiger partial charge in [-0.15, -0.1) is 0 Å². The molecule has 0 radical (unpaired) electrons. The number of amides is 1. The number of aromatic nitrogens is 3. The summed E-state index contributed by atoms with van der Waals surface area (Å²) in [5.74, 6) is 1.08. The third-order valence-electron chi connectivity index (χ3n) is 3.25. The summed E-state index contributed by atoms with van der Waals surface area (Å²) in [6, 6.07) is 3.66. The van der Waals surface area contributed by atoms with E-state index in [1.54, 1.807) is 10.8 Å². The van der Waals surface area contributed by atoms with Crippen LogP contribution in [0.25, 0.3) is 0 Å². The molecule has 8 heteroatoms. The highest BCUT2D eigenvalue weighted by atomic mass is 79.9. The van der Waals surface area contributed by atoms with Gasteiger partial charge in [0.25, 0.3) is 0 Å². The molecule has 1 amide bonds. The Hall–Kier alpha value is -1.67. The van der Waals surface area contributed by atoms with Gasteiger partial charge < -0.3 is 4.74 Å². The predicted octanol–water partition coefficient (Wildman–Crippen LogP) is 3.30. The molecule has 2 aromatic rings. The zero-order chi connectivity index (χ0) is 15.7. The van der Waals surface area contributed by atoms with Crippen molar-refractivity contribution in [3.8, 4) is 5.75 Å². The number of carbonyl (C=O) groups excluding carboxylic acids is 1. The quantitative estimate of drug-likeness (QED) is 0.760. The highest BCUT2D eigenvalue weighted by molar-refractivity contribution is 9.11. The van der Waals surface area contributed by atoms with Crippen molar-refractivity contribution in [1.82, 2.24) is 14.8 Å². The monoisotopic (exact) mass is 426 g/mol. The Morgan fingerprint density at radius 2 is 2.18 bits per heavy atom. The lowest BCUT2D eigenvalue weighted by molar-refractivity contribution is -0.117. The Morgan fingerprint density at radius 3 is 2.86 bits per heavy atom. The minimum Gasteiger partial charge on any atom is -0.487 e. The van der Waals surface area contributed by atoms with Crippen LogP contribution < -0.4 is 10.1 Å². The van der Waals surface area contributed by atoms with Crippen molar-refractivity contribution >= 4 is 43.7 Å². The lowest BCUT2D eigenvalue weighted by Gasteiger charge is -2.24. The Balaban J connectivity index is 2.00. The van der Waals surface area contributed by atoms with E-state index in [1.807, 2.05) is 12.1 Å². The highest BCUT2D eigenvalue weighted by Crippen LogP contribution is 2.39. The molecule has 0 saturated carbocycles. The average Bonchev–Trinajstić information content (AvgIpc) is 2.93. The van der Waals surface area contributed by atoms with E-state index in [0.29, 0.717) is 24.7 Å². The number of ether oxygens (including phenoxy) is 1. The van der Waals surface area contributed by atoms with Crippen LogP contribution in [0.2, 0.25) is 0 Å². The Bertz CT molecular complexity index is 721. The van der Waals surface area contributed by atoms with Gasteiger partial charge in [-0.25, -0.2) is 4.68 Å². The molecule has 0 fully saturated rings. The molecule has 0 aliphatic carbocycles. The van der Waals surface area contributed by atoms with E-state index >= 15 is 0 Å². The summed E-state index contributed by atoms with van der Waals surface area (Å²) in [4.78, 5) is 15.9. The van der Waals surface area contributed by atoms with Gasteiger partial charge in [0.2, 0.25) is 11.9 Å². The SMILES string of the molecule is C=CCOc1c(Br)cc(C2CC(=O)Nc3ncnn32)cc1Br. The van der Waals surface area contributed by atoms with Gasteiger partial charge >= 0.3 is 0 Å². The summed E-state index contributed by atoms with van der Waals surface area (Å²) >= 11 is 7.01. The molecule has 1 aliphatic rings. The van der Waals surface area contributed by atoms with Crippen molar-refractivity contribution in [1.29, 1.82) is 0 Å². The third kappa shape index (κ3) is 2.80.